The van der Waals surface area contributed by atoms with E-state index in [2.05, 4.69) is 10.6 Å². The van der Waals surface area contributed by atoms with Crippen molar-refractivity contribution in [3.8, 4) is 0 Å². The average molecular weight is 288 g/mol. The average Bonchev–Trinajstić information content (AvgIpc) is 2.95. The lowest BCUT2D eigenvalue weighted by atomic mass is 10.2. The zero-order chi connectivity index (χ0) is 14.5. The molecule has 2 N–H and O–H groups in total. The van der Waals surface area contributed by atoms with Crippen molar-refractivity contribution in [3.63, 3.8) is 0 Å². The van der Waals surface area contributed by atoms with Crippen molar-refractivity contribution in [1.29, 1.82) is 0 Å². The number of carbonyl (C=O) groups excluding carboxylic acids is 2. The van der Waals surface area contributed by atoms with Gasteiger partial charge in [-0.15, -0.1) is 11.3 Å². The van der Waals surface area contributed by atoms with Crippen LogP contribution in [0.4, 0.5) is 5.69 Å². The second kappa shape index (κ2) is 6.34. The Labute approximate surface area is 121 Å². The molecule has 0 fully saturated rings. The van der Waals surface area contributed by atoms with E-state index < -0.39 is 6.04 Å². The van der Waals surface area contributed by atoms with Gasteiger partial charge in [0.25, 0.3) is 5.91 Å². The fourth-order valence-electron chi connectivity index (χ4n) is 1.63. The first kappa shape index (κ1) is 14.3. The number of thiophene rings is 1. The van der Waals surface area contributed by atoms with Gasteiger partial charge >= 0.3 is 0 Å². The monoisotopic (exact) mass is 288 g/mol. The summed E-state index contributed by atoms with van der Waals surface area (Å²) in [5.74, 6) is -0.467. The van der Waals surface area contributed by atoms with Gasteiger partial charge in [0.05, 0.1) is 4.88 Å². The third kappa shape index (κ3) is 3.68. The fourth-order valence-corrected chi connectivity index (χ4v) is 2.26. The molecule has 2 amide bonds. The molecule has 0 bridgehead atoms. The van der Waals surface area contributed by atoms with Crippen LogP contribution >= 0.6 is 11.3 Å². The van der Waals surface area contributed by atoms with Gasteiger partial charge in [0.2, 0.25) is 5.91 Å². The number of hydrogen-bond donors (Lipinski definition) is 2. The maximum Gasteiger partial charge on any atom is 0.261 e. The molecule has 0 saturated heterocycles. The van der Waals surface area contributed by atoms with Crippen LogP contribution in [0.25, 0.3) is 0 Å². The van der Waals surface area contributed by atoms with E-state index >= 15 is 0 Å². The summed E-state index contributed by atoms with van der Waals surface area (Å²) in [6.07, 6.45) is 0. The molecule has 0 aliphatic heterocycles. The van der Waals surface area contributed by atoms with Crippen molar-refractivity contribution in [1.82, 2.24) is 5.32 Å². The lowest BCUT2D eigenvalue weighted by molar-refractivity contribution is -0.117. The summed E-state index contributed by atoms with van der Waals surface area (Å²) < 4.78 is 0. The Morgan fingerprint density at radius 3 is 2.45 bits per heavy atom. The molecule has 0 aliphatic rings. The van der Waals surface area contributed by atoms with Crippen molar-refractivity contribution < 1.29 is 9.59 Å². The second-order valence-electron chi connectivity index (χ2n) is 4.53. The van der Waals surface area contributed by atoms with E-state index in [1.165, 1.54) is 11.3 Å². The van der Waals surface area contributed by atoms with Crippen LogP contribution in [0.3, 0.4) is 0 Å². The Morgan fingerprint density at radius 2 is 1.85 bits per heavy atom. The van der Waals surface area contributed by atoms with Crippen LogP contribution in [0, 0.1) is 6.92 Å². The summed E-state index contributed by atoms with van der Waals surface area (Å²) >= 11 is 1.35. The normalized spacial score (nSPS) is 11.7. The summed E-state index contributed by atoms with van der Waals surface area (Å²) in [5.41, 5.74) is 1.85. The van der Waals surface area contributed by atoms with Crippen LogP contribution in [0.1, 0.15) is 22.2 Å². The van der Waals surface area contributed by atoms with Crippen LogP contribution < -0.4 is 10.6 Å². The number of anilines is 1. The van der Waals surface area contributed by atoms with Crippen LogP contribution in [0.5, 0.6) is 0 Å². The van der Waals surface area contributed by atoms with E-state index in [1.54, 1.807) is 19.1 Å². The predicted molar refractivity (Wildman–Crippen MR) is 81.1 cm³/mol. The highest BCUT2D eigenvalue weighted by Crippen LogP contribution is 2.10. The number of aryl methyl sites for hydroxylation is 1. The molecule has 1 heterocycles. The summed E-state index contributed by atoms with van der Waals surface area (Å²) in [6.45, 7) is 3.64. The molecular weight excluding hydrogens is 272 g/mol. The number of rotatable bonds is 4. The lowest BCUT2D eigenvalue weighted by Gasteiger charge is -2.13. The van der Waals surface area contributed by atoms with Crippen molar-refractivity contribution in [2.24, 2.45) is 0 Å². The molecule has 1 atom stereocenters. The van der Waals surface area contributed by atoms with Crippen LogP contribution in [0.15, 0.2) is 41.8 Å². The number of hydrogen-bond acceptors (Lipinski definition) is 3. The second-order valence-corrected chi connectivity index (χ2v) is 5.48. The molecule has 0 aliphatic carbocycles. The van der Waals surface area contributed by atoms with Gasteiger partial charge in [-0.1, -0.05) is 23.8 Å². The smallest absolute Gasteiger partial charge is 0.261 e. The highest BCUT2D eigenvalue weighted by atomic mass is 32.1. The van der Waals surface area contributed by atoms with Gasteiger partial charge in [-0.3, -0.25) is 9.59 Å². The summed E-state index contributed by atoms with van der Waals surface area (Å²) in [4.78, 5) is 24.4. The number of nitrogens with one attached hydrogen (secondary N) is 2. The van der Waals surface area contributed by atoms with E-state index in [0.29, 0.717) is 4.88 Å². The van der Waals surface area contributed by atoms with Gasteiger partial charge < -0.3 is 10.6 Å². The Bertz CT molecular complexity index is 591. The maximum absolute atomic E-state index is 12.0. The molecule has 2 rings (SSSR count). The molecule has 4 nitrogen and oxygen atoms in total. The molecular formula is C15H16N2O2S. The fraction of sp³-hybridized carbons (Fsp3) is 0.200. The van der Waals surface area contributed by atoms with Gasteiger partial charge in [-0.05, 0) is 37.4 Å². The van der Waals surface area contributed by atoms with Crippen LogP contribution in [-0.2, 0) is 4.79 Å². The molecule has 20 heavy (non-hydrogen) atoms. The first-order valence-corrected chi connectivity index (χ1v) is 7.16. The van der Waals surface area contributed by atoms with E-state index in [0.717, 1.165) is 11.3 Å². The molecule has 0 unspecified atom stereocenters. The highest BCUT2D eigenvalue weighted by molar-refractivity contribution is 7.12. The SMILES string of the molecule is Cc1ccc(NC(=O)[C@H](C)NC(=O)c2cccs2)cc1. The minimum atomic E-state index is -0.592. The number of carbonyl (C=O) groups is 2. The zero-order valence-electron chi connectivity index (χ0n) is 11.3. The summed E-state index contributed by atoms with van der Waals surface area (Å²) in [7, 11) is 0. The zero-order valence-corrected chi connectivity index (χ0v) is 12.2. The van der Waals surface area contributed by atoms with Crippen molar-refractivity contribution in [2.75, 3.05) is 5.32 Å². The van der Waals surface area contributed by atoms with Gasteiger partial charge in [-0.2, -0.15) is 0 Å². The topological polar surface area (TPSA) is 58.2 Å². The van der Waals surface area contributed by atoms with Crippen LogP contribution in [0.2, 0.25) is 0 Å². The van der Waals surface area contributed by atoms with Crippen LogP contribution in [-0.4, -0.2) is 17.9 Å². The highest BCUT2D eigenvalue weighted by Gasteiger charge is 2.17. The van der Waals surface area contributed by atoms with Gasteiger partial charge in [-0.25, -0.2) is 0 Å². The minimum Gasteiger partial charge on any atom is -0.340 e. The van der Waals surface area contributed by atoms with Crippen molar-refractivity contribution in [3.05, 3.63) is 52.2 Å². The molecule has 1 aromatic carbocycles. The van der Waals surface area contributed by atoms with E-state index in [9.17, 15) is 9.59 Å². The molecule has 0 spiro atoms. The third-order valence-corrected chi connectivity index (χ3v) is 3.67. The molecule has 104 valence electrons. The quantitative estimate of drug-likeness (QED) is 0.909. The standard InChI is InChI=1S/C15H16N2O2S/c1-10-5-7-12(8-6-10)17-14(18)11(2)16-15(19)13-4-3-9-20-13/h3-9,11H,1-2H3,(H,16,19)(H,17,18)/t11-/m0/s1. The Kier molecular flexibility index (Phi) is 4.53. The lowest BCUT2D eigenvalue weighted by Crippen LogP contribution is -2.41. The molecule has 1 aromatic heterocycles. The Hall–Kier alpha value is -2.14. The Morgan fingerprint density at radius 1 is 1.15 bits per heavy atom. The third-order valence-electron chi connectivity index (χ3n) is 2.80. The Balaban J connectivity index is 1.92. The van der Waals surface area contributed by atoms with Crippen molar-refractivity contribution >= 4 is 28.8 Å². The molecule has 0 radical (unpaired) electrons. The van der Waals surface area contributed by atoms with E-state index in [4.69, 9.17) is 0 Å². The van der Waals surface area contributed by atoms with Gasteiger partial charge in [0.15, 0.2) is 0 Å². The van der Waals surface area contributed by atoms with Gasteiger partial charge in [0, 0.05) is 5.69 Å². The summed E-state index contributed by atoms with van der Waals surface area (Å²) in [5, 5.41) is 7.27. The molecule has 2 aromatic rings. The summed E-state index contributed by atoms with van der Waals surface area (Å²) in [6, 6.07) is 10.4. The van der Waals surface area contributed by atoms with E-state index in [-0.39, 0.29) is 11.8 Å². The van der Waals surface area contributed by atoms with Crippen molar-refractivity contribution in [2.45, 2.75) is 19.9 Å². The van der Waals surface area contributed by atoms with Gasteiger partial charge in [0.1, 0.15) is 6.04 Å². The minimum absolute atomic E-state index is 0.230. The van der Waals surface area contributed by atoms with E-state index in [1.807, 2.05) is 36.6 Å². The number of amides is 2. The first-order chi connectivity index (χ1) is 9.56. The maximum atomic E-state index is 12.0. The first-order valence-electron chi connectivity index (χ1n) is 6.28. The predicted octanol–water partition coefficient (Wildman–Crippen LogP) is 2.81. The molecule has 5 heteroatoms. The molecule has 0 saturated carbocycles. The largest absolute Gasteiger partial charge is 0.340 e. The number of benzene rings is 1.